The summed E-state index contributed by atoms with van der Waals surface area (Å²) in [6, 6.07) is 17.2. The van der Waals surface area contributed by atoms with Gasteiger partial charge in [0.15, 0.2) is 0 Å². The highest BCUT2D eigenvalue weighted by molar-refractivity contribution is 9.10. The maximum atomic E-state index is 13.1. The van der Waals surface area contributed by atoms with Crippen molar-refractivity contribution in [2.75, 3.05) is 5.32 Å². The van der Waals surface area contributed by atoms with Crippen molar-refractivity contribution < 1.29 is 18.4 Å². The molecule has 2 N–H and O–H groups in total. The molecule has 1 aromatic heterocycles. The van der Waals surface area contributed by atoms with Gasteiger partial charge in [-0.3, -0.25) is 4.98 Å². The van der Waals surface area contributed by atoms with Crippen LogP contribution in [-0.4, -0.2) is 17.1 Å². The Labute approximate surface area is 202 Å². The Morgan fingerprint density at radius 3 is 2.38 bits per heavy atom. The minimum atomic E-state index is -0.352. The summed E-state index contributed by atoms with van der Waals surface area (Å²) in [5, 5.41) is 7.31. The van der Waals surface area contributed by atoms with E-state index in [9.17, 15) is 18.4 Å². The second-order valence-electron chi connectivity index (χ2n) is 6.99. The molecule has 1 heterocycles. The van der Waals surface area contributed by atoms with Crippen LogP contribution in [-0.2, 0) is 17.9 Å². The van der Waals surface area contributed by atoms with Gasteiger partial charge in [-0.15, -0.1) is 0 Å². The first-order valence-electron chi connectivity index (χ1n) is 10.1. The van der Waals surface area contributed by atoms with Crippen molar-refractivity contribution in [2.45, 2.75) is 13.1 Å². The molecule has 0 saturated carbocycles. The van der Waals surface area contributed by atoms with Crippen LogP contribution in [0.2, 0.25) is 0 Å². The average molecular weight is 525 g/mol. The van der Waals surface area contributed by atoms with Crippen molar-refractivity contribution in [2.24, 2.45) is 4.99 Å². The summed E-state index contributed by atoms with van der Waals surface area (Å²) >= 11 is 3.46. The van der Waals surface area contributed by atoms with Crippen molar-refractivity contribution in [1.29, 1.82) is 0 Å². The van der Waals surface area contributed by atoms with Crippen molar-refractivity contribution in [3.05, 3.63) is 106 Å². The molecule has 2 amide bonds. The van der Waals surface area contributed by atoms with Crippen molar-refractivity contribution in [3.8, 4) is 0 Å². The minimum absolute atomic E-state index is 0.196. The fourth-order valence-electron chi connectivity index (χ4n) is 3.02. The number of aromatic nitrogens is 1. The maximum absolute atomic E-state index is 13.1. The van der Waals surface area contributed by atoms with Crippen LogP contribution in [0, 0.1) is 11.6 Å². The Kier molecular flexibility index (Phi) is 8.96. The quantitative estimate of drug-likeness (QED) is 0.243. The molecule has 4 aromatic rings. The van der Waals surface area contributed by atoms with Gasteiger partial charge in [-0.1, -0.05) is 40.2 Å². The number of carbonyl (C=O) groups excluding carboxylic acids is 2. The van der Waals surface area contributed by atoms with E-state index in [1.165, 1.54) is 30.3 Å². The van der Waals surface area contributed by atoms with E-state index in [2.05, 4.69) is 36.5 Å². The largest absolute Gasteiger partial charge is 0.334 e. The lowest BCUT2D eigenvalue weighted by Crippen LogP contribution is -2.28. The summed E-state index contributed by atoms with van der Waals surface area (Å²) in [5.74, 6) is -0.639. The molecular weight excluding hydrogens is 506 g/mol. The Hall–Kier alpha value is -3.94. The van der Waals surface area contributed by atoms with Crippen molar-refractivity contribution in [3.63, 3.8) is 0 Å². The van der Waals surface area contributed by atoms with Crippen LogP contribution in [0.5, 0.6) is 0 Å². The van der Waals surface area contributed by atoms with Gasteiger partial charge >= 0.3 is 6.03 Å². The number of urea groups is 1. The summed E-state index contributed by atoms with van der Waals surface area (Å²) in [7, 11) is 0. The molecule has 3 aromatic carbocycles. The molecule has 0 aliphatic carbocycles. The Balaban J connectivity index is 0.000000248. The lowest BCUT2D eigenvalue weighted by atomic mass is 10.1. The van der Waals surface area contributed by atoms with Gasteiger partial charge in [-0.25, -0.2) is 23.4 Å². The van der Waals surface area contributed by atoms with E-state index in [1.807, 2.05) is 18.2 Å². The molecular formula is C25H19BrF2N4O2. The van der Waals surface area contributed by atoms with Crippen molar-refractivity contribution >= 4 is 44.5 Å². The van der Waals surface area contributed by atoms with E-state index >= 15 is 0 Å². The molecule has 0 saturated heterocycles. The summed E-state index contributed by atoms with van der Waals surface area (Å²) in [5.41, 5.74) is 2.06. The molecule has 9 heteroatoms. The molecule has 0 unspecified atom stereocenters. The number of hydrogen-bond acceptors (Lipinski definition) is 4. The number of nitrogens with zero attached hydrogens (tertiary/aromatic N) is 2. The van der Waals surface area contributed by atoms with Gasteiger partial charge in [0.2, 0.25) is 6.08 Å². The standard InChI is InChI=1S/C17H13BrFN3O.C8H6FNO/c18-15-4-5-16(13-6-7-20-10-14(13)15)22-17(23)21-9-11-2-1-3-12(19)8-11;9-8-3-1-2-7(4-8)5-10-6-11/h1-8,10H,9H2,(H2,21,22,23);1-4H,5H2. The fourth-order valence-corrected chi connectivity index (χ4v) is 3.47. The number of isocyanates is 1. The van der Waals surface area contributed by atoms with Crippen LogP contribution in [0.25, 0.3) is 10.8 Å². The first-order chi connectivity index (χ1) is 16.5. The lowest BCUT2D eigenvalue weighted by Gasteiger charge is -2.11. The van der Waals surface area contributed by atoms with Gasteiger partial charge in [-0.2, -0.15) is 0 Å². The number of fused-ring (bicyclic) bond motifs is 1. The van der Waals surface area contributed by atoms with Gasteiger partial charge in [-0.05, 0) is 53.6 Å². The highest BCUT2D eigenvalue weighted by Crippen LogP contribution is 2.29. The topological polar surface area (TPSA) is 83.5 Å². The van der Waals surface area contributed by atoms with E-state index in [1.54, 1.807) is 36.7 Å². The zero-order valence-corrected chi connectivity index (χ0v) is 19.4. The second-order valence-corrected chi connectivity index (χ2v) is 7.85. The van der Waals surface area contributed by atoms with E-state index in [0.717, 1.165) is 15.2 Å². The second kappa shape index (κ2) is 12.3. The van der Waals surface area contributed by atoms with Crippen molar-refractivity contribution in [1.82, 2.24) is 10.3 Å². The first-order valence-corrected chi connectivity index (χ1v) is 10.8. The molecule has 0 bridgehead atoms. The number of anilines is 1. The number of halogens is 3. The molecule has 0 aliphatic heterocycles. The maximum Gasteiger partial charge on any atom is 0.319 e. The number of rotatable bonds is 5. The third-order valence-electron chi connectivity index (χ3n) is 4.57. The number of hydrogen-bond donors (Lipinski definition) is 2. The highest BCUT2D eigenvalue weighted by atomic mass is 79.9. The summed E-state index contributed by atoms with van der Waals surface area (Å²) in [6.07, 6.45) is 4.79. The number of amides is 2. The fraction of sp³-hybridized carbons (Fsp3) is 0.0800. The van der Waals surface area contributed by atoms with E-state index < -0.39 is 0 Å². The normalized spacial score (nSPS) is 9.97. The molecule has 0 aliphatic rings. The van der Waals surface area contributed by atoms with Crippen LogP contribution < -0.4 is 10.6 Å². The van der Waals surface area contributed by atoms with Crippen LogP contribution in [0.1, 0.15) is 11.1 Å². The predicted octanol–water partition coefficient (Wildman–Crippen LogP) is 6.12. The average Bonchev–Trinajstić information content (AvgIpc) is 2.84. The van der Waals surface area contributed by atoms with E-state index in [-0.39, 0.29) is 30.8 Å². The highest BCUT2D eigenvalue weighted by Gasteiger charge is 2.08. The summed E-state index contributed by atoms with van der Waals surface area (Å²) < 4.78 is 26.5. The van der Waals surface area contributed by atoms with Gasteiger partial charge < -0.3 is 10.6 Å². The summed E-state index contributed by atoms with van der Waals surface area (Å²) in [6.45, 7) is 0.445. The van der Waals surface area contributed by atoms with Crippen LogP contribution in [0.3, 0.4) is 0 Å². The smallest absolute Gasteiger partial charge is 0.319 e. The molecule has 4 rings (SSSR count). The van der Waals surface area contributed by atoms with E-state index in [4.69, 9.17) is 0 Å². The number of carbonyl (C=O) groups is 1. The number of benzene rings is 3. The van der Waals surface area contributed by atoms with E-state index in [0.29, 0.717) is 16.8 Å². The monoisotopic (exact) mass is 524 g/mol. The Bertz CT molecular complexity index is 1340. The molecule has 172 valence electrons. The number of nitrogens with one attached hydrogen (secondary N) is 2. The molecule has 0 spiro atoms. The Morgan fingerprint density at radius 2 is 1.68 bits per heavy atom. The number of aliphatic imine (C=N–C) groups is 1. The zero-order valence-electron chi connectivity index (χ0n) is 17.8. The van der Waals surface area contributed by atoms with Crippen LogP contribution >= 0.6 is 15.9 Å². The van der Waals surface area contributed by atoms with Crippen LogP contribution in [0.4, 0.5) is 19.3 Å². The molecule has 6 nitrogen and oxygen atoms in total. The van der Waals surface area contributed by atoms with Crippen LogP contribution in [0.15, 0.2) is 88.6 Å². The third kappa shape index (κ3) is 7.30. The third-order valence-corrected chi connectivity index (χ3v) is 5.26. The lowest BCUT2D eigenvalue weighted by molar-refractivity contribution is 0.251. The summed E-state index contributed by atoms with van der Waals surface area (Å²) in [4.78, 5) is 29.1. The molecule has 0 fully saturated rings. The molecule has 0 atom stereocenters. The molecule has 34 heavy (non-hydrogen) atoms. The van der Waals surface area contributed by atoms with Gasteiger partial charge in [0.25, 0.3) is 0 Å². The van der Waals surface area contributed by atoms with Gasteiger partial charge in [0.05, 0.1) is 12.2 Å². The zero-order chi connectivity index (χ0) is 24.3. The van der Waals surface area contributed by atoms with Gasteiger partial charge in [0.1, 0.15) is 11.6 Å². The first kappa shape index (κ1) is 24.7. The SMILES string of the molecule is O=C(NCc1cccc(F)c1)Nc1ccc(Br)c2cnccc12.O=C=NCc1cccc(F)c1. The molecule has 0 radical (unpaired) electrons. The predicted molar refractivity (Wildman–Crippen MR) is 130 cm³/mol. The Morgan fingerprint density at radius 1 is 0.971 bits per heavy atom. The minimum Gasteiger partial charge on any atom is -0.334 e. The number of pyridine rings is 1. The van der Waals surface area contributed by atoms with Gasteiger partial charge in [0, 0.05) is 34.2 Å².